The highest BCUT2D eigenvalue weighted by Crippen LogP contribution is 2.37. The largest absolute Gasteiger partial charge is 0.431 e. The summed E-state index contributed by atoms with van der Waals surface area (Å²) in [5, 5.41) is 0. The molecule has 7 heteroatoms. The Balaban J connectivity index is 2.32. The highest BCUT2D eigenvalue weighted by Gasteiger charge is 2.22. The Bertz CT molecular complexity index is 1100. The van der Waals surface area contributed by atoms with Gasteiger partial charge in [-0.15, -0.1) is 0 Å². The smallest absolute Gasteiger partial charge is 0.344 e. The fraction of sp³-hybridized carbons (Fsp3) is 0.105. The number of hydrogen-bond donors (Lipinski definition) is 0. The molecule has 0 unspecified atom stereocenters. The Hall–Kier alpha value is -2.80. The predicted molar refractivity (Wildman–Crippen MR) is 93.9 cm³/mol. The van der Waals surface area contributed by atoms with Crippen LogP contribution < -0.4 is 5.63 Å². The molecule has 1 heterocycles. The second-order valence-corrected chi connectivity index (χ2v) is 7.70. The van der Waals surface area contributed by atoms with Gasteiger partial charge in [-0.1, -0.05) is 36.4 Å². The van der Waals surface area contributed by atoms with Gasteiger partial charge in [-0.2, -0.15) is 0 Å². The molecule has 0 saturated heterocycles. The van der Waals surface area contributed by atoms with Crippen LogP contribution >= 0.6 is 0 Å². The van der Waals surface area contributed by atoms with Gasteiger partial charge in [0.05, 0.1) is 16.7 Å². The van der Waals surface area contributed by atoms with E-state index in [1.807, 2.05) is 0 Å². The molecular weight excluding hydrogens is 362 g/mol. The Morgan fingerprint density at radius 3 is 2.27 bits per heavy atom. The van der Waals surface area contributed by atoms with E-state index in [0.717, 1.165) is 18.6 Å². The third-order valence-corrected chi connectivity index (χ3v) is 5.03. The van der Waals surface area contributed by atoms with E-state index in [1.54, 1.807) is 30.3 Å². The molecular formula is C19H14F2O4S. The molecule has 2 aromatic carbocycles. The first-order chi connectivity index (χ1) is 12.3. The van der Waals surface area contributed by atoms with Crippen molar-refractivity contribution in [2.24, 2.45) is 0 Å². The maximum absolute atomic E-state index is 13.6. The topological polar surface area (TPSA) is 64.3 Å². The Labute approximate surface area is 148 Å². The molecule has 134 valence electrons. The van der Waals surface area contributed by atoms with Crippen LogP contribution in [0.1, 0.15) is 12.0 Å². The third kappa shape index (κ3) is 3.43. The lowest BCUT2D eigenvalue weighted by Gasteiger charge is -2.14. The first-order valence-corrected chi connectivity index (χ1v) is 9.48. The second kappa shape index (κ2) is 6.84. The van der Waals surface area contributed by atoms with Crippen LogP contribution in [0, 0.1) is 0 Å². The minimum atomic E-state index is -3.64. The van der Waals surface area contributed by atoms with Gasteiger partial charge < -0.3 is 4.42 Å². The molecule has 0 spiro atoms. The van der Waals surface area contributed by atoms with E-state index in [-0.39, 0.29) is 21.6 Å². The van der Waals surface area contributed by atoms with Crippen LogP contribution in [-0.4, -0.2) is 14.7 Å². The number of benzene rings is 2. The average molecular weight is 376 g/mol. The molecule has 4 nitrogen and oxygen atoms in total. The Morgan fingerprint density at radius 2 is 1.65 bits per heavy atom. The van der Waals surface area contributed by atoms with Gasteiger partial charge in [0, 0.05) is 17.4 Å². The fourth-order valence-electron chi connectivity index (χ4n) is 2.72. The van der Waals surface area contributed by atoms with E-state index in [2.05, 4.69) is 0 Å². The summed E-state index contributed by atoms with van der Waals surface area (Å²) in [6.45, 7) is 0. The summed E-state index contributed by atoms with van der Waals surface area (Å²) in [7, 11) is -3.64. The predicted octanol–water partition coefficient (Wildman–Crippen LogP) is 4.31. The Morgan fingerprint density at radius 1 is 0.962 bits per heavy atom. The van der Waals surface area contributed by atoms with Crippen LogP contribution in [0.3, 0.4) is 0 Å². The highest BCUT2D eigenvalue weighted by atomic mass is 32.2. The molecule has 0 aliphatic heterocycles. The summed E-state index contributed by atoms with van der Waals surface area (Å²) in [5.41, 5.74) is -0.134. The SMILES string of the molecule is CS(=O)(=O)c1ccc(-c2ccoc(=O)c2-c2ccccc2)c(C(F)F)c1. The highest BCUT2D eigenvalue weighted by molar-refractivity contribution is 7.90. The van der Waals surface area contributed by atoms with Crippen molar-refractivity contribution in [2.75, 3.05) is 6.26 Å². The quantitative estimate of drug-likeness (QED) is 0.680. The molecule has 1 aromatic heterocycles. The van der Waals surface area contributed by atoms with Crippen molar-refractivity contribution in [2.45, 2.75) is 11.3 Å². The summed E-state index contributed by atoms with van der Waals surface area (Å²) in [6, 6.07) is 13.4. The van der Waals surface area contributed by atoms with Crippen LogP contribution in [0.25, 0.3) is 22.3 Å². The zero-order chi connectivity index (χ0) is 18.9. The normalized spacial score (nSPS) is 11.7. The van der Waals surface area contributed by atoms with E-state index >= 15 is 0 Å². The van der Waals surface area contributed by atoms with Gasteiger partial charge in [-0.3, -0.25) is 0 Å². The van der Waals surface area contributed by atoms with E-state index in [9.17, 15) is 22.0 Å². The summed E-state index contributed by atoms with van der Waals surface area (Å²) in [4.78, 5) is 12.1. The molecule has 0 radical (unpaired) electrons. The number of halogens is 2. The van der Waals surface area contributed by atoms with E-state index in [4.69, 9.17) is 4.42 Å². The minimum absolute atomic E-state index is 0.0825. The number of alkyl halides is 2. The van der Waals surface area contributed by atoms with E-state index < -0.39 is 27.5 Å². The molecule has 0 saturated carbocycles. The number of rotatable bonds is 4. The van der Waals surface area contributed by atoms with Gasteiger partial charge in [-0.25, -0.2) is 22.0 Å². The number of hydrogen-bond acceptors (Lipinski definition) is 4. The van der Waals surface area contributed by atoms with Crippen molar-refractivity contribution in [1.29, 1.82) is 0 Å². The fourth-order valence-corrected chi connectivity index (χ4v) is 3.37. The van der Waals surface area contributed by atoms with Crippen molar-refractivity contribution < 1.29 is 21.6 Å². The van der Waals surface area contributed by atoms with Gasteiger partial charge in [0.25, 0.3) is 6.43 Å². The minimum Gasteiger partial charge on any atom is -0.431 e. The molecule has 0 amide bonds. The summed E-state index contributed by atoms with van der Waals surface area (Å²) in [5.74, 6) is 0. The molecule has 0 fully saturated rings. The molecule has 26 heavy (non-hydrogen) atoms. The third-order valence-electron chi connectivity index (χ3n) is 3.92. The lowest BCUT2D eigenvalue weighted by Crippen LogP contribution is -2.06. The second-order valence-electron chi connectivity index (χ2n) is 5.68. The molecule has 3 aromatic rings. The zero-order valence-electron chi connectivity index (χ0n) is 13.6. The summed E-state index contributed by atoms with van der Waals surface area (Å²) < 4.78 is 55.5. The molecule has 0 bridgehead atoms. The van der Waals surface area contributed by atoms with Crippen LogP contribution in [0.5, 0.6) is 0 Å². The van der Waals surface area contributed by atoms with Crippen molar-refractivity contribution in [3.8, 4) is 22.3 Å². The maximum atomic E-state index is 13.6. The average Bonchev–Trinajstić information content (AvgIpc) is 2.61. The van der Waals surface area contributed by atoms with Crippen LogP contribution in [0.4, 0.5) is 8.78 Å². The first kappa shape index (κ1) is 18.0. The number of sulfone groups is 1. The lowest BCUT2D eigenvalue weighted by atomic mass is 9.93. The van der Waals surface area contributed by atoms with Gasteiger partial charge in [0.2, 0.25) is 0 Å². The molecule has 0 N–H and O–H groups in total. The van der Waals surface area contributed by atoms with E-state index in [0.29, 0.717) is 5.56 Å². The van der Waals surface area contributed by atoms with Crippen LogP contribution in [0.2, 0.25) is 0 Å². The standard InChI is InChI=1S/C19H14F2O4S/c1-26(23,24)13-7-8-14(16(11-13)18(20)21)15-9-10-25-19(22)17(15)12-5-3-2-4-6-12/h2-11,18H,1H3. The first-order valence-electron chi connectivity index (χ1n) is 7.59. The molecule has 0 aliphatic rings. The summed E-state index contributed by atoms with van der Waals surface area (Å²) in [6.07, 6.45) is -0.837. The van der Waals surface area contributed by atoms with Gasteiger partial charge >= 0.3 is 5.63 Å². The van der Waals surface area contributed by atoms with Gasteiger partial charge in [0.1, 0.15) is 0 Å². The van der Waals surface area contributed by atoms with Crippen LogP contribution in [0.15, 0.2) is 75.0 Å². The van der Waals surface area contributed by atoms with Crippen molar-refractivity contribution >= 4 is 9.84 Å². The lowest BCUT2D eigenvalue weighted by molar-refractivity contribution is 0.152. The molecule has 0 aliphatic carbocycles. The zero-order valence-corrected chi connectivity index (χ0v) is 14.5. The van der Waals surface area contributed by atoms with E-state index in [1.165, 1.54) is 18.2 Å². The van der Waals surface area contributed by atoms with Crippen molar-refractivity contribution in [3.63, 3.8) is 0 Å². The van der Waals surface area contributed by atoms with Crippen molar-refractivity contribution in [1.82, 2.24) is 0 Å². The van der Waals surface area contributed by atoms with Gasteiger partial charge in [-0.05, 0) is 29.3 Å². The molecule has 3 rings (SSSR count). The van der Waals surface area contributed by atoms with Crippen LogP contribution in [-0.2, 0) is 9.84 Å². The molecule has 0 atom stereocenters. The van der Waals surface area contributed by atoms with Crippen molar-refractivity contribution in [3.05, 3.63) is 76.8 Å². The summed E-state index contributed by atoms with van der Waals surface area (Å²) >= 11 is 0. The Kier molecular flexibility index (Phi) is 4.73. The maximum Gasteiger partial charge on any atom is 0.344 e. The van der Waals surface area contributed by atoms with Gasteiger partial charge in [0.15, 0.2) is 9.84 Å². The monoisotopic (exact) mass is 376 g/mol.